The fraction of sp³-hybridized carbons (Fsp3) is 0.705. The van der Waals surface area contributed by atoms with Crippen molar-refractivity contribution in [1.29, 1.82) is 0 Å². The van der Waals surface area contributed by atoms with Crippen molar-refractivity contribution in [2.24, 2.45) is 23.7 Å². The van der Waals surface area contributed by atoms with Crippen LogP contribution in [-0.2, 0) is 46.4 Å². The van der Waals surface area contributed by atoms with Crippen LogP contribution >= 0.6 is 0 Å². The number of nitrogens with zero attached hydrogens (tertiary/aromatic N) is 5. The lowest BCUT2D eigenvalue weighted by molar-refractivity contribution is -0.148. The molecule has 1 saturated heterocycles. The molecule has 3 rings (SSSR count). The number of hydrogen-bond donors (Lipinski definition) is 4. The molecule has 9 atom stereocenters. The Morgan fingerprint density at radius 1 is 1.00 bits per heavy atom. The molecule has 0 bridgehead atoms. The number of amides is 4. The van der Waals surface area contributed by atoms with Crippen molar-refractivity contribution in [3.63, 3.8) is 0 Å². The number of methoxy groups -OCH3 is 2. The second-order valence-electron chi connectivity index (χ2n) is 17.5. The number of likely N-dealkylation sites (tertiary alicyclic amines) is 1. The Morgan fingerprint density at radius 3 is 2.22 bits per heavy atom. The van der Waals surface area contributed by atoms with Crippen molar-refractivity contribution >= 4 is 29.9 Å². The number of aromatic nitrogens is 3. The van der Waals surface area contributed by atoms with E-state index in [2.05, 4.69) is 31.4 Å². The zero-order valence-corrected chi connectivity index (χ0v) is 38.1. The van der Waals surface area contributed by atoms with Gasteiger partial charge in [0.05, 0.1) is 54.6 Å². The van der Waals surface area contributed by atoms with Gasteiger partial charge in [0, 0.05) is 47.3 Å². The van der Waals surface area contributed by atoms with Crippen LogP contribution in [0.3, 0.4) is 0 Å². The Labute approximate surface area is 357 Å². The third-order valence-corrected chi connectivity index (χ3v) is 12.1. The molecule has 2 aromatic rings. The zero-order valence-electron chi connectivity index (χ0n) is 38.1. The minimum absolute atomic E-state index is 0.00604. The van der Waals surface area contributed by atoms with Crippen molar-refractivity contribution in [2.45, 2.75) is 129 Å². The molecule has 2 heterocycles. The van der Waals surface area contributed by atoms with E-state index < -0.39 is 47.8 Å². The van der Waals surface area contributed by atoms with Crippen molar-refractivity contribution in [3.8, 4) is 0 Å². The number of benzene rings is 1. The summed E-state index contributed by atoms with van der Waals surface area (Å²) < 4.78 is 12.1. The highest BCUT2D eigenvalue weighted by atomic mass is 16.5. The first-order valence-corrected chi connectivity index (χ1v) is 21.4. The predicted octanol–water partition coefficient (Wildman–Crippen LogP) is 2.84. The monoisotopic (exact) mass is 840 g/mol. The first-order chi connectivity index (χ1) is 28.4. The van der Waals surface area contributed by atoms with Gasteiger partial charge in [-0.2, -0.15) is 15.4 Å². The first-order valence-electron chi connectivity index (χ1n) is 21.4. The number of aromatic amines is 1. The van der Waals surface area contributed by atoms with E-state index in [4.69, 9.17) is 9.47 Å². The summed E-state index contributed by atoms with van der Waals surface area (Å²) in [6.07, 6.45) is 3.32. The van der Waals surface area contributed by atoms with Crippen molar-refractivity contribution in [2.75, 3.05) is 48.5 Å². The number of likely N-dealkylation sites (N-methyl/N-ethyl adjacent to an activating group) is 2. The van der Waals surface area contributed by atoms with E-state index in [0.717, 1.165) is 18.3 Å². The number of carbonyl (C=O) groups excluding carboxylic acids is 5. The molecular formula is C44H73N9O7. The van der Waals surface area contributed by atoms with Gasteiger partial charge >= 0.3 is 0 Å². The van der Waals surface area contributed by atoms with Crippen LogP contribution in [0.5, 0.6) is 0 Å². The number of nitrogens with one attached hydrogen (secondary N) is 4. The van der Waals surface area contributed by atoms with Gasteiger partial charge in [-0.05, 0) is 50.3 Å². The minimum atomic E-state index is -1.29. The lowest BCUT2D eigenvalue weighted by Crippen LogP contribution is -2.60. The fourth-order valence-corrected chi connectivity index (χ4v) is 8.72. The van der Waals surface area contributed by atoms with Crippen LogP contribution in [0.1, 0.15) is 85.4 Å². The standard InChI is InChI=1S/C44H73N9O7/c1-13-30(6)39(52(10)43(58)37(28(2)3)47-42(57)38(29(4)5)51(8)9)35(59-11)22-36(55)53-21-17-20-34(53)40(60-12)31(7)41(56)48-44(27-54,23-32-18-15-14-16-19-32)26-45-24-33-25-46-50-49-33/h14-16,18-19,25,27-31,34-35,37-40,45H,13,17,20-24,26H2,1-12H3,(H,47,57)(H,48,56)(H,46,49,50)/t30-,31+,34-,35?,37-,38-,39?,40+,44+/m0/s1. The summed E-state index contributed by atoms with van der Waals surface area (Å²) in [4.78, 5) is 74.6. The summed E-state index contributed by atoms with van der Waals surface area (Å²) >= 11 is 0. The Balaban J connectivity index is 1.82. The van der Waals surface area contributed by atoms with Gasteiger partial charge in [-0.1, -0.05) is 85.2 Å². The van der Waals surface area contributed by atoms with Gasteiger partial charge in [-0.25, -0.2) is 0 Å². The molecule has 1 aromatic heterocycles. The average molecular weight is 840 g/mol. The molecule has 0 saturated carbocycles. The Bertz CT molecular complexity index is 1640. The Morgan fingerprint density at radius 2 is 1.68 bits per heavy atom. The van der Waals surface area contributed by atoms with E-state index in [-0.39, 0.29) is 60.8 Å². The average Bonchev–Trinajstić information content (AvgIpc) is 3.92. The lowest BCUT2D eigenvalue weighted by Gasteiger charge is -2.41. The maximum atomic E-state index is 14.4. The van der Waals surface area contributed by atoms with Crippen LogP contribution in [0, 0.1) is 23.7 Å². The van der Waals surface area contributed by atoms with Crippen LogP contribution in [0.2, 0.25) is 0 Å². The van der Waals surface area contributed by atoms with E-state index in [1.54, 1.807) is 37.1 Å². The van der Waals surface area contributed by atoms with Crippen LogP contribution in [-0.4, -0.2) is 150 Å². The largest absolute Gasteiger partial charge is 0.379 e. The number of aldehydes is 1. The topological polar surface area (TPSA) is 191 Å². The zero-order chi connectivity index (χ0) is 44.7. The van der Waals surface area contributed by atoms with E-state index >= 15 is 0 Å². The number of rotatable bonds is 25. The molecule has 4 N–H and O–H groups in total. The summed E-state index contributed by atoms with van der Waals surface area (Å²) in [5.74, 6) is -1.95. The summed E-state index contributed by atoms with van der Waals surface area (Å²) in [6.45, 7) is 14.5. The van der Waals surface area contributed by atoms with E-state index in [0.29, 0.717) is 31.6 Å². The van der Waals surface area contributed by atoms with Crippen molar-refractivity contribution in [3.05, 3.63) is 47.8 Å². The first kappa shape index (κ1) is 50.1. The molecule has 60 heavy (non-hydrogen) atoms. The molecule has 0 spiro atoms. The fourth-order valence-electron chi connectivity index (χ4n) is 8.72. The van der Waals surface area contributed by atoms with E-state index in [9.17, 15) is 24.0 Å². The molecule has 0 aliphatic carbocycles. The molecule has 0 radical (unpaired) electrons. The Hall–Kier alpha value is -4.25. The van der Waals surface area contributed by atoms with E-state index in [1.165, 1.54) is 7.11 Å². The molecule has 16 heteroatoms. The highest BCUT2D eigenvalue weighted by molar-refractivity contribution is 5.90. The molecule has 1 aromatic carbocycles. The van der Waals surface area contributed by atoms with E-state index in [1.807, 2.05) is 90.9 Å². The summed E-state index contributed by atoms with van der Waals surface area (Å²) in [7, 11) is 8.52. The molecular weight excluding hydrogens is 767 g/mol. The number of carbonyl (C=O) groups is 5. The number of ether oxygens (including phenoxy) is 2. The van der Waals surface area contributed by atoms with Crippen molar-refractivity contribution in [1.82, 2.24) is 46.1 Å². The van der Waals surface area contributed by atoms with Crippen LogP contribution in [0.25, 0.3) is 0 Å². The normalized spacial score (nSPS) is 18.9. The molecule has 1 aliphatic heterocycles. The third-order valence-electron chi connectivity index (χ3n) is 12.1. The second-order valence-corrected chi connectivity index (χ2v) is 17.5. The van der Waals surface area contributed by atoms with Crippen LogP contribution in [0.15, 0.2) is 36.5 Å². The van der Waals surface area contributed by atoms with Gasteiger partial charge in [0.15, 0.2) is 0 Å². The van der Waals surface area contributed by atoms with Gasteiger partial charge in [0.2, 0.25) is 23.6 Å². The minimum Gasteiger partial charge on any atom is -0.379 e. The quantitative estimate of drug-likeness (QED) is 0.108. The lowest BCUT2D eigenvalue weighted by atomic mass is 9.88. The maximum Gasteiger partial charge on any atom is 0.245 e. The highest BCUT2D eigenvalue weighted by Gasteiger charge is 2.44. The maximum absolute atomic E-state index is 14.4. The number of hydrogen-bond acceptors (Lipinski definition) is 11. The molecule has 16 nitrogen and oxygen atoms in total. The molecule has 1 fully saturated rings. The summed E-state index contributed by atoms with van der Waals surface area (Å²) in [5.41, 5.74) is 0.244. The third kappa shape index (κ3) is 13.1. The SMILES string of the molecule is CC[C@H](C)C(C(CC(=O)N1CCC[C@H]1[C@H](OC)[C@@H](C)C(=O)N[C@@](C=O)(CNCc1cn[nH]n1)Cc1ccccc1)OC)N(C)C(=O)[C@@H](NC(=O)[C@H](C(C)C)N(C)C)C(C)C. The van der Waals surface area contributed by atoms with Gasteiger partial charge in [-0.3, -0.25) is 24.1 Å². The molecule has 336 valence electrons. The summed E-state index contributed by atoms with van der Waals surface area (Å²) in [6, 6.07) is 7.40. The van der Waals surface area contributed by atoms with Gasteiger partial charge < -0.3 is 40.0 Å². The molecule has 4 amide bonds. The summed E-state index contributed by atoms with van der Waals surface area (Å²) in [5, 5.41) is 19.8. The van der Waals surface area contributed by atoms with Gasteiger partial charge in [0.25, 0.3) is 0 Å². The van der Waals surface area contributed by atoms with Gasteiger partial charge in [0.1, 0.15) is 17.9 Å². The highest BCUT2D eigenvalue weighted by Crippen LogP contribution is 2.30. The second kappa shape index (κ2) is 23.7. The van der Waals surface area contributed by atoms with Crippen LogP contribution in [0.4, 0.5) is 0 Å². The molecule has 1 aliphatic rings. The smallest absolute Gasteiger partial charge is 0.245 e. The van der Waals surface area contributed by atoms with Crippen LogP contribution < -0.4 is 16.0 Å². The van der Waals surface area contributed by atoms with Crippen molar-refractivity contribution < 1.29 is 33.4 Å². The Kier molecular flexibility index (Phi) is 19.8. The molecule has 2 unspecified atom stereocenters. The number of H-pyrrole nitrogens is 1. The predicted molar refractivity (Wildman–Crippen MR) is 230 cm³/mol. The van der Waals surface area contributed by atoms with Gasteiger partial charge in [-0.15, -0.1) is 0 Å².